The highest BCUT2D eigenvalue weighted by molar-refractivity contribution is 5.69. The van der Waals surface area contributed by atoms with Crippen molar-refractivity contribution in [1.82, 2.24) is 0 Å². The number of carbonyl (C=O) groups is 1. The van der Waals surface area contributed by atoms with Gasteiger partial charge in [-0.2, -0.15) is 43.9 Å². The predicted molar refractivity (Wildman–Crippen MR) is 80.5 cm³/mol. The molecule has 0 aliphatic heterocycles. The molecule has 0 aromatic heterocycles. The summed E-state index contributed by atoms with van der Waals surface area (Å²) in [5.74, 6) is -37.3. The van der Waals surface area contributed by atoms with Crippen molar-refractivity contribution >= 4 is 5.97 Å². The standard InChI is InChI=1S/C17H13F11O3/c1-8(29)31-10-5-3-4-9(6-10)11(2,30)7-12(18)13(19,20)15(23,24)17(27,28)16(25,26)14(12,21)22/h3-6,30H,7H2,1-2H3. The highest BCUT2D eigenvalue weighted by atomic mass is 19.4. The van der Waals surface area contributed by atoms with Crippen molar-refractivity contribution in [2.75, 3.05) is 0 Å². The second kappa shape index (κ2) is 6.69. The van der Waals surface area contributed by atoms with E-state index in [0.29, 0.717) is 13.0 Å². The van der Waals surface area contributed by atoms with Crippen molar-refractivity contribution in [2.45, 2.75) is 61.2 Å². The maximum Gasteiger partial charge on any atom is 0.384 e. The molecule has 1 fully saturated rings. The van der Waals surface area contributed by atoms with Crippen LogP contribution in [0.1, 0.15) is 25.8 Å². The minimum atomic E-state index is -7.33. The molecule has 0 radical (unpaired) electrons. The Morgan fingerprint density at radius 2 is 1.29 bits per heavy atom. The molecule has 1 aliphatic rings. The van der Waals surface area contributed by atoms with Gasteiger partial charge in [0.25, 0.3) is 5.67 Å². The summed E-state index contributed by atoms with van der Waals surface area (Å²) < 4.78 is 157. The van der Waals surface area contributed by atoms with E-state index in [1.54, 1.807) is 0 Å². The molecule has 1 unspecified atom stereocenters. The fourth-order valence-corrected chi connectivity index (χ4v) is 3.15. The molecule has 176 valence electrons. The van der Waals surface area contributed by atoms with Crippen molar-refractivity contribution in [3.63, 3.8) is 0 Å². The Morgan fingerprint density at radius 1 is 0.871 bits per heavy atom. The van der Waals surface area contributed by atoms with Gasteiger partial charge in [-0.15, -0.1) is 0 Å². The van der Waals surface area contributed by atoms with Crippen molar-refractivity contribution in [1.29, 1.82) is 0 Å². The Labute approximate surface area is 166 Å². The third-order valence-electron chi connectivity index (χ3n) is 4.88. The predicted octanol–water partition coefficient (Wildman–Crippen LogP) is 5.11. The van der Waals surface area contributed by atoms with Gasteiger partial charge in [0.05, 0.1) is 5.60 Å². The van der Waals surface area contributed by atoms with Crippen LogP contribution in [0.15, 0.2) is 24.3 Å². The SMILES string of the molecule is CC(=O)Oc1cccc(C(C)(O)CC2(F)C(F)(F)C(F)(F)C(F)(F)C(F)(F)C2(F)F)c1. The summed E-state index contributed by atoms with van der Waals surface area (Å²) in [5, 5.41) is 10.3. The summed E-state index contributed by atoms with van der Waals surface area (Å²) in [6, 6.07) is 3.33. The number of rotatable bonds is 4. The lowest BCUT2D eigenvalue weighted by atomic mass is 9.67. The maximum atomic E-state index is 14.9. The Hall–Kier alpha value is -2.12. The number of halogens is 11. The van der Waals surface area contributed by atoms with Crippen molar-refractivity contribution in [3.05, 3.63) is 29.8 Å². The van der Waals surface area contributed by atoms with E-state index in [0.717, 1.165) is 25.1 Å². The number of benzene rings is 1. The van der Waals surface area contributed by atoms with E-state index in [-0.39, 0.29) is 0 Å². The normalized spacial score (nSPS) is 26.5. The van der Waals surface area contributed by atoms with Crippen LogP contribution in [0.25, 0.3) is 0 Å². The lowest BCUT2D eigenvalue weighted by Gasteiger charge is -2.53. The first kappa shape index (κ1) is 25.1. The molecule has 0 amide bonds. The smallest absolute Gasteiger partial charge is 0.384 e. The summed E-state index contributed by atoms with van der Waals surface area (Å²) in [6.07, 6.45) is -2.86. The Kier molecular flexibility index (Phi) is 5.42. The van der Waals surface area contributed by atoms with Crippen LogP contribution in [0.3, 0.4) is 0 Å². The van der Waals surface area contributed by atoms with E-state index >= 15 is 0 Å². The number of carbonyl (C=O) groups excluding carboxylic acids is 1. The summed E-state index contributed by atoms with van der Waals surface area (Å²) in [5.41, 5.74) is -10.5. The number of aliphatic hydroxyl groups is 1. The molecule has 1 atom stereocenters. The molecule has 1 aliphatic carbocycles. The van der Waals surface area contributed by atoms with Crippen molar-refractivity contribution in [3.8, 4) is 5.75 Å². The van der Waals surface area contributed by atoms with Gasteiger partial charge in [0.2, 0.25) is 0 Å². The minimum absolute atomic E-state index is 0.316. The van der Waals surface area contributed by atoms with Crippen LogP contribution < -0.4 is 4.74 Å². The molecular formula is C17H13F11O3. The van der Waals surface area contributed by atoms with E-state index in [2.05, 4.69) is 4.74 Å². The van der Waals surface area contributed by atoms with Gasteiger partial charge < -0.3 is 9.84 Å². The largest absolute Gasteiger partial charge is 0.427 e. The minimum Gasteiger partial charge on any atom is -0.427 e. The van der Waals surface area contributed by atoms with Gasteiger partial charge in [-0.3, -0.25) is 4.79 Å². The second-order valence-electron chi connectivity index (χ2n) is 7.25. The fraction of sp³-hybridized carbons (Fsp3) is 0.588. The quantitative estimate of drug-likeness (QED) is 0.375. The van der Waals surface area contributed by atoms with Crippen molar-refractivity contribution in [2.24, 2.45) is 0 Å². The Bertz CT molecular complexity index is 850. The maximum absolute atomic E-state index is 14.9. The number of hydrogen-bond acceptors (Lipinski definition) is 3. The average molecular weight is 474 g/mol. The number of alkyl halides is 11. The number of ether oxygens (including phenoxy) is 1. The first-order valence-corrected chi connectivity index (χ1v) is 8.19. The van der Waals surface area contributed by atoms with Gasteiger partial charge >= 0.3 is 35.6 Å². The molecule has 1 N–H and O–H groups in total. The van der Waals surface area contributed by atoms with E-state index in [1.165, 1.54) is 0 Å². The molecule has 0 bridgehead atoms. The summed E-state index contributed by atoms with van der Waals surface area (Å²) in [6.45, 7) is 1.21. The summed E-state index contributed by atoms with van der Waals surface area (Å²) in [7, 11) is 0. The molecule has 2 rings (SSSR count). The van der Waals surface area contributed by atoms with Gasteiger partial charge in [-0.25, -0.2) is 4.39 Å². The molecular weight excluding hydrogens is 461 g/mol. The lowest BCUT2D eigenvalue weighted by molar-refractivity contribution is -0.488. The summed E-state index contributed by atoms with van der Waals surface area (Å²) in [4.78, 5) is 10.9. The molecule has 31 heavy (non-hydrogen) atoms. The highest BCUT2D eigenvalue weighted by Gasteiger charge is 3.01. The van der Waals surface area contributed by atoms with Crippen molar-refractivity contribution < 1.29 is 62.9 Å². The lowest BCUT2D eigenvalue weighted by Crippen LogP contribution is -2.84. The monoisotopic (exact) mass is 474 g/mol. The zero-order valence-corrected chi connectivity index (χ0v) is 15.4. The zero-order chi connectivity index (χ0) is 24.5. The second-order valence-corrected chi connectivity index (χ2v) is 7.25. The van der Waals surface area contributed by atoms with Crippen LogP contribution in [0.2, 0.25) is 0 Å². The van der Waals surface area contributed by atoms with E-state index in [4.69, 9.17) is 0 Å². The fourth-order valence-electron chi connectivity index (χ4n) is 3.15. The molecule has 0 spiro atoms. The van der Waals surface area contributed by atoms with E-state index in [1.807, 2.05) is 0 Å². The highest BCUT2D eigenvalue weighted by Crippen LogP contribution is 2.71. The Morgan fingerprint density at radius 3 is 1.71 bits per heavy atom. The van der Waals surface area contributed by atoms with Crippen LogP contribution in [-0.4, -0.2) is 46.4 Å². The molecule has 0 heterocycles. The first-order chi connectivity index (χ1) is 13.6. The van der Waals surface area contributed by atoms with E-state index < -0.39 is 64.6 Å². The molecule has 1 saturated carbocycles. The van der Waals surface area contributed by atoms with Gasteiger partial charge in [0.15, 0.2) is 0 Å². The van der Waals surface area contributed by atoms with Crippen LogP contribution in [-0.2, 0) is 10.4 Å². The molecule has 3 nitrogen and oxygen atoms in total. The zero-order valence-electron chi connectivity index (χ0n) is 15.4. The van der Waals surface area contributed by atoms with Gasteiger partial charge in [-0.05, 0) is 24.6 Å². The van der Waals surface area contributed by atoms with Crippen LogP contribution >= 0.6 is 0 Å². The number of hydrogen-bond donors (Lipinski definition) is 1. The molecule has 0 saturated heterocycles. The van der Waals surface area contributed by atoms with Crippen LogP contribution in [0.5, 0.6) is 5.75 Å². The third-order valence-corrected chi connectivity index (χ3v) is 4.88. The van der Waals surface area contributed by atoms with Crippen LogP contribution in [0, 0.1) is 0 Å². The first-order valence-electron chi connectivity index (χ1n) is 8.19. The summed E-state index contributed by atoms with van der Waals surface area (Å²) >= 11 is 0. The van der Waals surface area contributed by atoms with Gasteiger partial charge in [0.1, 0.15) is 5.75 Å². The third kappa shape index (κ3) is 3.08. The Balaban J connectivity index is 2.66. The van der Waals surface area contributed by atoms with Crippen LogP contribution in [0.4, 0.5) is 48.3 Å². The molecule has 1 aromatic carbocycles. The van der Waals surface area contributed by atoms with Gasteiger partial charge in [0, 0.05) is 13.3 Å². The molecule has 1 aromatic rings. The topological polar surface area (TPSA) is 46.5 Å². The van der Waals surface area contributed by atoms with E-state index in [9.17, 15) is 58.2 Å². The number of esters is 1. The molecule has 14 heteroatoms. The average Bonchev–Trinajstić information content (AvgIpc) is 2.59. The van der Waals surface area contributed by atoms with Gasteiger partial charge in [-0.1, -0.05) is 12.1 Å².